The van der Waals surface area contributed by atoms with Crippen molar-refractivity contribution < 1.29 is 17.9 Å². The van der Waals surface area contributed by atoms with Gasteiger partial charge in [0.15, 0.2) is 5.16 Å². The molecule has 24 heavy (non-hydrogen) atoms. The summed E-state index contributed by atoms with van der Waals surface area (Å²) < 4.78 is 43.7. The predicted molar refractivity (Wildman–Crippen MR) is 87.8 cm³/mol. The molecule has 2 rings (SSSR count). The second-order valence-electron chi connectivity index (χ2n) is 4.90. The maximum absolute atomic E-state index is 12.8. The lowest BCUT2D eigenvalue weighted by atomic mass is 10.2. The van der Waals surface area contributed by atoms with Gasteiger partial charge in [-0.05, 0) is 25.0 Å². The molecule has 0 spiro atoms. The summed E-state index contributed by atoms with van der Waals surface area (Å²) >= 11 is 1.38. The summed E-state index contributed by atoms with van der Waals surface area (Å²) in [4.78, 5) is 8.06. The molecule has 9 heteroatoms. The van der Waals surface area contributed by atoms with Crippen LogP contribution in [0, 0.1) is 0 Å². The van der Waals surface area contributed by atoms with Gasteiger partial charge in [0, 0.05) is 11.8 Å². The fourth-order valence-corrected chi connectivity index (χ4v) is 2.77. The fourth-order valence-electron chi connectivity index (χ4n) is 1.90. The highest BCUT2D eigenvalue weighted by atomic mass is 32.2. The van der Waals surface area contributed by atoms with Crippen molar-refractivity contribution in [2.75, 3.05) is 23.8 Å². The number of hydrogen-bond donors (Lipinski definition) is 2. The van der Waals surface area contributed by atoms with E-state index in [2.05, 4.69) is 9.97 Å². The number of alkyl halides is 3. The Balaban J connectivity index is 1.74. The second kappa shape index (κ2) is 8.09. The minimum atomic E-state index is -4.42. The molecule has 0 fully saturated rings. The molecule has 2 aromatic rings. The van der Waals surface area contributed by atoms with Crippen LogP contribution in [0.15, 0.2) is 35.5 Å². The van der Waals surface area contributed by atoms with Crippen molar-refractivity contribution in [3.8, 4) is 5.75 Å². The Kier molecular flexibility index (Phi) is 6.13. The van der Waals surface area contributed by atoms with E-state index in [-0.39, 0.29) is 12.4 Å². The largest absolute Gasteiger partial charge is 0.493 e. The third-order valence-electron chi connectivity index (χ3n) is 2.97. The van der Waals surface area contributed by atoms with Gasteiger partial charge in [0.05, 0.1) is 12.2 Å². The summed E-state index contributed by atoms with van der Waals surface area (Å²) in [7, 11) is 0. The Morgan fingerprint density at radius 3 is 2.38 bits per heavy atom. The van der Waals surface area contributed by atoms with Gasteiger partial charge in [-0.2, -0.15) is 13.2 Å². The Morgan fingerprint density at radius 2 is 1.71 bits per heavy atom. The van der Waals surface area contributed by atoms with Crippen molar-refractivity contribution >= 4 is 23.4 Å². The highest BCUT2D eigenvalue weighted by Crippen LogP contribution is 2.35. The van der Waals surface area contributed by atoms with Gasteiger partial charge in [-0.3, -0.25) is 0 Å². The third kappa shape index (κ3) is 5.48. The first kappa shape index (κ1) is 18.2. The number of hydrogen-bond acceptors (Lipinski definition) is 6. The van der Waals surface area contributed by atoms with E-state index in [1.165, 1.54) is 36.0 Å². The maximum Gasteiger partial charge on any atom is 0.419 e. The molecule has 0 atom stereocenters. The van der Waals surface area contributed by atoms with Gasteiger partial charge in [0.25, 0.3) is 0 Å². The van der Waals surface area contributed by atoms with Gasteiger partial charge in [-0.25, -0.2) is 9.97 Å². The van der Waals surface area contributed by atoms with Crippen LogP contribution in [0.3, 0.4) is 0 Å². The lowest BCUT2D eigenvalue weighted by Gasteiger charge is -2.13. The zero-order chi connectivity index (χ0) is 17.6. The second-order valence-corrected chi connectivity index (χ2v) is 5.96. The molecule has 1 aromatic carbocycles. The van der Waals surface area contributed by atoms with E-state index in [9.17, 15) is 13.2 Å². The number of ether oxygens (including phenoxy) is 1. The predicted octanol–water partition coefficient (Wildman–Crippen LogP) is 3.61. The average molecular weight is 358 g/mol. The number of thioether (sulfide) groups is 1. The first-order valence-electron chi connectivity index (χ1n) is 7.18. The minimum Gasteiger partial charge on any atom is -0.493 e. The number of unbranched alkanes of at least 4 members (excludes halogenated alkanes) is 1. The van der Waals surface area contributed by atoms with Crippen LogP contribution in [0.2, 0.25) is 0 Å². The highest BCUT2D eigenvalue weighted by molar-refractivity contribution is 7.99. The number of aromatic nitrogens is 2. The van der Waals surface area contributed by atoms with Crippen LogP contribution in [0.4, 0.5) is 24.8 Å². The number of benzene rings is 1. The fraction of sp³-hybridized carbons (Fsp3) is 0.333. The molecule has 0 aliphatic rings. The Hall–Kier alpha value is -2.16. The summed E-state index contributed by atoms with van der Waals surface area (Å²) in [5, 5.41) is 0.482. The van der Waals surface area contributed by atoms with Crippen molar-refractivity contribution in [2.24, 2.45) is 0 Å². The van der Waals surface area contributed by atoms with Gasteiger partial charge in [0.2, 0.25) is 0 Å². The zero-order valence-corrected chi connectivity index (χ0v) is 13.5. The quantitative estimate of drug-likeness (QED) is 0.447. The first-order valence-corrected chi connectivity index (χ1v) is 8.16. The lowest BCUT2D eigenvalue weighted by molar-refractivity contribution is -0.138. The van der Waals surface area contributed by atoms with Crippen LogP contribution in [0.25, 0.3) is 0 Å². The van der Waals surface area contributed by atoms with Gasteiger partial charge in [-0.15, -0.1) is 0 Å². The van der Waals surface area contributed by atoms with E-state index in [0.717, 1.165) is 12.5 Å². The maximum atomic E-state index is 12.8. The summed E-state index contributed by atoms with van der Waals surface area (Å²) in [6.07, 6.45) is -3.08. The van der Waals surface area contributed by atoms with Crippen molar-refractivity contribution in [2.45, 2.75) is 24.2 Å². The molecule has 0 unspecified atom stereocenters. The molecule has 130 valence electrons. The molecular weight excluding hydrogens is 341 g/mol. The lowest BCUT2D eigenvalue weighted by Crippen LogP contribution is -2.09. The number of halogens is 3. The van der Waals surface area contributed by atoms with Crippen molar-refractivity contribution in [3.05, 3.63) is 35.9 Å². The van der Waals surface area contributed by atoms with Crippen LogP contribution in [0.1, 0.15) is 18.4 Å². The number of nitrogen functional groups attached to an aromatic ring is 2. The van der Waals surface area contributed by atoms with Gasteiger partial charge < -0.3 is 16.2 Å². The van der Waals surface area contributed by atoms with Gasteiger partial charge in [-0.1, -0.05) is 23.9 Å². The average Bonchev–Trinajstić information content (AvgIpc) is 2.49. The zero-order valence-electron chi connectivity index (χ0n) is 12.7. The molecule has 4 N–H and O–H groups in total. The smallest absolute Gasteiger partial charge is 0.419 e. The minimum absolute atomic E-state index is 0.149. The topological polar surface area (TPSA) is 87.1 Å². The molecule has 0 radical (unpaired) electrons. The van der Waals surface area contributed by atoms with Crippen molar-refractivity contribution in [1.29, 1.82) is 0 Å². The number of nitrogens with zero attached hydrogens (tertiary/aromatic N) is 2. The number of rotatable bonds is 7. The summed E-state index contributed by atoms with van der Waals surface area (Å²) in [5.41, 5.74) is 10.4. The number of nitrogens with two attached hydrogens (primary N) is 2. The van der Waals surface area contributed by atoms with Gasteiger partial charge in [0.1, 0.15) is 17.4 Å². The van der Waals surface area contributed by atoms with E-state index < -0.39 is 11.7 Å². The molecule has 0 amide bonds. The molecule has 1 heterocycles. The van der Waals surface area contributed by atoms with Crippen LogP contribution >= 0.6 is 11.8 Å². The van der Waals surface area contributed by atoms with E-state index in [1.807, 2.05) is 0 Å². The number of anilines is 2. The SMILES string of the molecule is Nc1cc(N)nc(SCCCCOc2ccccc2C(F)(F)F)n1. The van der Waals surface area contributed by atoms with Crippen LogP contribution in [0.5, 0.6) is 5.75 Å². The van der Waals surface area contributed by atoms with Crippen LogP contribution in [-0.4, -0.2) is 22.3 Å². The molecule has 0 aliphatic carbocycles. The monoisotopic (exact) mass is 358 g/mol. The molecule has 0 bridgehead atoms. The summed E-state index contributed by atoms with van der Waals surface area (Å²) in [6.45, 7) is 0.202. The normalized spacial score (nSPS) is 11.5. The summed E-state index contributed by atoms with van der Waals surface area (Å²) in [5.74, 6) is 1.14. The Morgan fingerprint density at radius 1 is 1.04 bits per heavy atom. The van der Waals surface area contributed by atoms with E-state index in [4.69, 9.17) is 16.2 Å². The van der Waals surface area contributed by atoms with E-state index >= 15 is 0 Å². The molecular formula is C15H17F3N4OS. The number of para-hydroxylation sites is 1. The van der Waals surface area contributed by atoms with Crippen molar-refractivity contribution in [1.82, 2.24) is 9.97 Å². The highest BCUT2D eigenvalue weighted by Gasteiger charge is 2.33. The molecule has 1 aromatic heterocycles. The van der Waals surface area contributed by atoms with E-state index in [1.54, 1.807) is 0 Å². The Labute approximate surface area is 141 Å². The summed E-state index contributed by atoms with van der Waals surface area (Å²) in [6, 6.07) is 6.65. The first-order chi connectivity index (χ1) is 11.4. The third-order valence-corrected chi connectivity index (χ3v) is 3.90. The van der Waals surface area contributed by atoms with Crippen LogP contribution in [-0.2, 0) is 6.18 Å². The standard InChI is InChI=1S/C15H17F3N4OS/c16-15(17,18)10-5-1-2-6-11(10)23-7-3-4-8-24-14-21-12(19)9-13(20)22-14/h1-2,5-6,9H,3-4,7-8H2,(H4,19,20,21,22). The Bertz CT molecular complexity index is 662. The molecule has 0 aliphatic heterocycles. The van der Waals surface area contributed by atoms with Crippen molar-refractivity contribution in [3.63, 3.8) is 0 Å². The molecule has 5 nitrogen and oxygen atoms in total. The molecule has 0 saturated carbocycles. The van der Waals surface area contributed by atoms with Crippen LogP contribution < -0.4 is 16.2 Å². The van der Waals surface area contributed by atoms with E-state index in [0.29, 0.717) is 29.0 Å². The van der Waals surface area contributed by atoms with Gasteiger partial charge >= 0.3 is 6.18 Å². The molecule has 0 saturated heterocycles.